The fraction of sp³-hybridized carbons (Fsp3) is 0.720. The van der Waals surface area contributed by atoms with Gasteiger partial charge in [0, 0.05) is 25.7 Å². The third-order valence-electron chi connectivity index (χ3n) is 24.1. The van der Waals surface area contributed by atoms with Crippen molar-refractivity contribution in [2.45, 2.75) is 476 Å². The first-order chi connectivity index (χ1) is 62.7. The Balaban J connectivity index is 1.63. The van der Waals surface area contributed by atoms with Gasteiger partial charge in [-0.1, -0.05) is 427 Å². The Morgan fingerprint density at radius 3 is 1.14 bits per heavy atom. The molecule has 5 rings (SSSR count). The summed E-state index contributed by atoms with van der Waals surface area (Å²) in [7, 11) is -5.05. The average molecular weight is 1810 g/mol. The van der Waals surface area contributed by atoms with Crippen molar-refractivity contribution in [2.75, 3.05) is 20.0 Å². The lowest BCUT2D eigenvalue weighted by atomic mass is 9.95. The summed E-state index contributed by atoms with van der Waals surface area (Å²) in [5.41, 5.74) is 1.61. The monoisotopic (exact) mass is 1810 g/mol. The number of carbonyl (C=O) groups excluding carboxylic acids is 6. The van der Waals surface area contributed by atoms with E-state index in [4.69, 9.17) is 51.5 Å². The van der Waals surface area contributed by atoms with Crippen LogP contribution in [0.4, 0.5) is 0 Å². The second-order valence-electron chi connectivity index (χ2n) is 35.8. The summed E-state index contributed by atoms with van der Waals surface area (Å²) >= 11 is 0. The Morgan fingerprint density at radius 1 is 0.375 bits per heavy atom. The Labute approximate surface area is 774 Å². The van der Waals surface area contributed by atoms with Crippen LogP contribution in [0.15, 0.2) is 121 Å². The van der Waals surface area contributed by atoms with Gasteiger partial charge >= 0.3 is 31.7 Å². The molecule has 1 heterocycles. The van der Waals surface area contributed by atoms with E-state index < -0.39 is 99.5 Å². The number of unbranched alkanes of at least 4 members (excludes halogenated alkanes) is 46. The third-order valence-corrected chi connectivity index (χ3v) is 25.5. The topological polar surface area (TPSA) is 245 Å². The smallest absolute Gasteiger partial charge is 0.462 e. The molecule has 0 aliphatic carbocycles. The summed E-state index contributed by atoms with van der Waals surface area (Å²) in [5, 5.41) is 6.14. The molecule has 8 atom stereocenters. The summed E-state index contributed by atoms with van der Waals surface area (Å²) in [5.74, 6) is -3.18. The number of rotatable bonds is 84. The van der Waals surface area contributed by atoms with Gasteiger partial charge in [-0.15, -0.1) is 0 Å². The molecule has 128 heavy (non-hydrogen) atoms. The second-order valence-corrected chi connectivity index (χ2v) is 37.3. The molecule has 0 radical (unpaired) electrons. The standard InChI is InChI=1S/C107H173N2O18P/c1-6-11-16-21-26-31-34-39-44-49-66-79-98(110)108-96(106(115)120-87-91-71-58-53-59-72-91)82-83-119-107-103(109-99(111)84-94(77-60-47-42-37-29-24-19-14-9-4)121-100(112)80-67-50-45-40-35-32-27-22-17-12-7-2)105(124-102(114)85-95(78-61-48-43-38-30-25-20-15-10-5)122-101(113)81-68-51-46-41-36-33-28-23-18-13-8-3)104(97(123-107)88-118-89-117-86-90-69-56-52-57-70-90)127-128(116,125-92-73-62-54-63-74-92)126-93-75-64-55-65-76-93/h52-59,62-65,69-76,94-97,103-105,107H,6-51,60-61,66-68,77-89H2,1-5H3,(H,108,110)(H,109,111)/t94-,95-,96+,97-,103-,104-,105-,107-/m1/s1. The van der Waals surface area contributed by atoms with Crippen LogP contribution in [0.3, 0.4) is 0 Å². The van der Waals surface area contributed by atoms with E-state index >= 15 is 14.2 Å². The predicted molar refractivity (Wildman–Crippen MR) is 514 cm³/mol. The molecule has 1 aliphatic rings. The number of esters is 4. The van der Waals surface area contributed by atoms with Crippen LogP contribution in [0, 0.1) is 0 Å². The first-order valence-electron chi connectivity index (χ1n) is 51.4. The number of nitrogens with one attached hydrogen (secondary N) is 2. The minimum atomic E-state index is -5.05. The van der Waals surface area contributed by atoms with E-state index in [-0.39, 0.29) is 76.1 Å². The number of para-hydroxylation sites is 2. The van der Waals surface area contributed by atoms with Crippen LogP contribution in [0.25, 0.3) is 0 Å². The molecule has 1 saturated heterocycles. The number of carbonyl (C=O) groups is 6. The van der Waals surface area contributed by atoms with Gasteiger partial charge in [-0.05, 0) is 80.3 Å². The molecule has 1 aliphatic heterocycles. The highest BCUT2D eigenvalue weighted by atomic mass is 31.2. The number of phosphoric acid groups is 1. The van der Waals surface area contributed by atoms with E-state index in [1.165, 1.54) is 154 Å². The maximum absolute atomic E-state index is 16.3. The molecule has 724 valence electrons. The van der Waals surface area contributed by atoms with Gasteiger partial charge in [-0.3, -0.25) is 28.5 Å². The van der Waals surface area contributed by atoms with Crippen molar-refractivity contribution < 1.29 is 84.8 Å². The van der Waals surface area contributed by atoms with Crippen molar-refractivity contribution in [1.29, 1.82) is 0 Å². The van der Waals surface area contributed by atoms with Crippen LogP contribution in [-0.2, 0) is 89.0 Å². The zero-order chi connectivity index (χ0) is 91.5. The minimum Gasteiger partial charge on any atom is -0.462 e. The van der Waals surface area contributed by atoms with Crippen LogP contribution in [0.1, 0.15) is 425 Å². The molecule has 20 nitrogen and oxygen atoms in total. The number of hydrogen-bond donors (Lipinski definition) is 2. The maximum Gasteiger partial charge on any atom is 0.588 e. The van der Waals surface area contributed by atoms with Crippen LogP contribution in [0.2, 0.25) is 0 Å². The van der Waals surface area contributed by atoms with E-state index in [0.29, 0.717) is 44.9 Å². The molecule has 2 N–H and O–H groups in total. The summed E-state index contributed by atoms with van der Waals surface area (Å²) in [6, 6.07) is 32.7. The SMILES string of the molecule is CCCCCCCCCCCCCC(=O)N[C@@H](CCO[C@@H]1O[C@H](COCOCc2ccccc2)[C@@H](OP(=O)(Oc2ccccc2)Oc2ccccc2)[C@H](OC(=O)C[C@@H](CCCCCCCCCCC)OC(=O)CCCCCCCCCCCCC)[C@H]1NC(=O)C[C@@H](CCCCCCCCCCC)OC(=O)CCCCCCCCCCCCC)C(=O)OCc1ccccc1. The van der Waals surface area contributed by atoms with E-state index in [1.54, 1.807) is 60.7 Å². The van der Waals surface area contributed by atoms with Crippen molar-refractivity contribution in [3.05, 3.63) is 132 Å². The van der Waals surface area contributed by atoms with Gasteiger partial charge < -0.3 is 57.6 Å². The largest absolute Gasteiger partial charge is 0.588 e. The van der Waals surface area contributed by atoms with Gasteiger partial charge in [-0.2, -0.15) is 0 Å². The minimum absolute atomic E-state index is 0.0736. The molecule has 0 bridgehead atoms. The quantitative estimate of drug-likeness (QED) is 0.0137. The Bertz CT molecular complexity index is 3370. The molecule has 1 fully saturated rings. The van der Waals surface area contributed by atoms with Crippen molar-refractivity contribution in [1.82, 2.24) is 10.6 Å². The molecule has 0 aromatic heterocycles. The van der Waals surface area contributed by atoms with Gasteiger partial charge in [0.1, 0.15) is 61.4 Å². The van der Waals surface area contributed by atoms with Crippen LogP contribution in [-0.4, -0.2) is 105 Å². The first-order valence-corrected chi connectivity index (χ1v) is 52.8. The van der Waals surface area contributed by atoms with E-state index in [9.17, 15) is 19.2 Å². The molecule has 4 aromatic carbocycles. The fourth-order valence-corrected chi connectivity index (χ4v) is 18.0. The van der Waals surface area contributed by atoms with Crippen molar-refractivity contribution >= 4 is 43.5 Å². The van der Waals surface area contributed by atoms with E-state index in [1.807, 2.05) is 60.7 Å². The number of hydrogen-bond acceptors (Lipinski definition) is 18. The number of phosphoric ester groups is 1. The van der Waals surface area contributed by atoms with Crippen LogP contribution in [0.5, 0.6) is 11.5 Å². The summed E-state index contributed by atoms with van der Waals surface area (Å²) in [6.45, 7) is 10.2. The molecule has 0 saturated carbocycles. The normalized spacial score (nSPS) is 15.8. The molecule has 0 spiro atoms. The van der Waals surface area contributed by atoms with Gasteiger partial charge in [0.15, 0.2) is 12.4 Å². The highest BCUT2D eigenvalue weighted by Crippen LogP contribution is 2.53. The van der Waals surface area contributed by atoms with Gasteiger partial charge in [0.25, 0.3) is 0 Å². The lowest BCUT2D eigenvalue weighted by Gasteiger charge is -2.46. The zero-order valence-electron chi connectivity index (χ0n) is 80.2. The molecule has 21 heteroatoms. The highest BCUT2D eigenvalue weighted by molar-refractivity contribution is 7.49. The molecule has 0 unspecified atom stereocenters. The molecular formula is C107H173N2O18P. The summed E-state index contributed by atoms with van der Waals surface area (Å²) < 4.78 is 88.1. The first kappa shape index (κ1) is 112. The maximum atomic E-state index is 16.3. The average Bonchev–Trinajstić information content (AvgIpc) is 0.770. The van der Waals surface area contributed by atoms with Gasteiger partial charge in [-0.25, -0.2) is 9.36 Å². The predicted octanol–water partition coefficient (Wildman–Crippen LogP) is 28.1. The fourth-order valence-electron chi connectivity index (χ4n) is 16.6. The van der Waals surface area contributed by atoms with E-state index in [2.05, 4.69) is 45.3 Å². The van der Waals surface area contributed by atoms with Crippen molar-refractivity contribution in [3.8, 4) is 11.5 Å². The molecule has 4 aromatic rings. The van der Waals surface area contributed by atoms with Crippen molar-refractivity contribution in [2.24, 2.45) is 0 Å². The van der Waals surface area contributed by atoms with Gasteiger partial charge in [0.2, 0.25) is 11.8 Å². The van der Waals surface area contributed by atoms with Crippen LogP contribution >= 0.6 is 7.82 Å². The lowest BCUT2D eigenvalue weighted by Crippen LogP contribution is -2.66. The number of benzene rings is 4. The number of ether oxygens (including phenoxy) is 8. The Morgan fingerprint density at radius 2 is 0.734 bits per heavy atom. The summed E-state index contributed by atoms with van der Waals surface area (Å²) in [6.07, 6.45) is 47.4. The summed E-state index contributed by atoms with van der Waals surface area (Å²) in [4.78, 5) is 88.8. The van der Waals surface area contributed by atoms with Gasteiger partial charge in [0.05, 0.1) is 32.7 Å². The lowest BCUT2D eigenvalue weighted by molar-refractivity contribution is -0.276. The second kappa shape index (κ2) is 75.8. The molecular weight excluding hydrogens is 1630 g/mol. The van der Waals surface area contributed by atoms with E-state index in [0.717, 1.165) is 152 Å². The number of amides is 2. The highest BCUT2D eigenvalue weighted by Gasteiger charge is 2.54. The Kier molecular flexibility index (Phi) is 66.2. The Hall–Kier alpha value is -6.67. The van der Waals surface area contributed by atoms with Crippen molar-refractivity contribution in [3.63, 3.8) is 0 Å². The van der Waals surface area contributed by atoms with Crippen LogP contribution < -0.4 is 19.7 Å². The third kappa shape index (κ3) is 56.3. The molecule has 2 amide bonds. The zero-order valence-corrected chi connectivity index (χ0v) is 81.1.